The normalized spacial score (nSPS) is 19.7. The van der Waals surface area contributed by atoms with Crippen LogP contribution in [0.5, 0.6) is 11.5 Å². The van der Waals surface area contributed by atoms with Gasteiger partial charge in [0.25, 0.3) is 5.91 Å². The summed E-state index contributed by atoms with van der Waals surface area (Å²) in [5, 5.41) is 2.61. The van der Waals surface area contributed by atoms with Crippen LogP contribution in [0.15, 0.2) is 18.2 Å². The highest BCUT2D eigenvalue weighted by atomic mass is 32.2. The van der Waals surface area contributed by atoms with E-state index in [9.17, 15) is 18.0 Å². The van der Waals surface area contributed by atoms with Crippen LogP contribution in [-0.2, 0) is 24.2 Å². The van der Waals surface area contributed by atoms with Gasteiger partial charge in [0.05, 0.1) is 31.6 Å². The Labute approximate surface area is 146 Å². The Balaban J connectivity index is 1.97. The summed E-state index contributed by atoms with van der Waals surface area (Å²) < 4.78 is 38.2. The van der Waals surface area contributed by atoms with Gasteiger partial charge in [-0.05, 0) is 13.3 Å². The zero-order valence-corrected chi connectivity index (χ0v) is 15.1. The van der Waals surface area contributed by atoms with Crippen LogP contribution in [0.2, 0.25) is 0 Å². The largest absolute Gasteiger partial charge is 0.497 e. The summed E-state index contributed by atoms with van der Waals surface area (Å²) in [5.41, 5.74) is 0.424. The summed E-state index contributed by atoms with van der Waals surface area (Å²) in [6.45, 7) is 1.42. The predicted octanol–water partition coefficient (Wildman–Crippen LogP) is 1.01. The van der Waals surface area contributed by atoms with E-state index in [4.69, 9.17) is 14.2 Å². The fraction of sp³-hybridized carbons (Fsp3) is 0.500. The summed E-state index contributed by atoms with van der Waals surface area (Å²) in [4.78, 5) is 24.2. The summed E-state index contributed by atoms with van der Waals surface area (Å²) in [6, 6.07) is 4.84. The van der Waals surface area contributed by atoms with Crippen LogP contribution in [0.3, 0.4) is 0 Å². The van der Waals surface area contributed by atoms with Crippen LogP contribution in [0.1, 0.15) is 13.3 Å². The van der Waals surface area contributed by atoms with Crippen molar-refractivity contribution < 1.29 is 32.2 Å². The first-order chi connectivity index (χ1) is 11.7. The second-order valence-electron chi connectivity index (χ2n) is 5.77. The first kappa shape index (κ1) is 19.0. The maximum atomic E-state index is 12.2. The number of rotatable bonds is 6. The molecule has 0 radical (unpaired) electrons. The van der Waals surface area contributed by atoms with Crippen LogP contribution in [0, 0.1) is 5.92 Å². The monoisotopic (exact) mass is 371 g/mol. The first-order valence-electron chi connectivity index (χ1n) is 7.69. The molecule has 1 aromatic rings. The van der Waals surface area contributed by atoms with E-state index in [1.54, 1.807) is 18.2 Å². The zero-order chi connectivity index (χ0) is 18.6. The highest BCUT2D eigenvalue weighted by molar-refractivity contribution is 7.91. The smallest absolute Gasteiger partial charge is 0.310 e. The summed E-state index contributed by atoms with van der Waals surface area (Å²) in [5.74, 6) is -1.19. The van der Waals surface area contributed by atoms with Crippen LogP contribution in [-0.4, -0.2) is 52.1 Å². The Morgan fingerprint density at radius 2 is 1.76 bits per heavy atom. The molecule has 138 valence electrons. The van der Waals surface area contributed by atoms with Gasteiger partial charge in [0, 0.05) is 23.9 Å². The molecular formula is C16H21NO7S. The highest BCUT2D eigenvalue weighted by Gasteiger charge is 2.35. The third kappa shape index (κ3) is 5.09. The van der Waals surface area contributed by atoms with Crippen LogP contribution < -0.4 is 14.8 Å². The molecule has 1 N–H and O–H groups in total. The second kappa shape index (κ2) is 7.73. The molecule has 0 bridgehead atoms. The summed E-state index contributed by atoms with van der Waals surface area (Å²) in [6.07, 6.45) is -0.837. The van der Waals surface area contributed by atoms with Gasteiger partial charge < -0.3 is 19.5 Å². The van der Waals surface area contributed by atoms with Crippen molar-refractivity contribution in [3.05, 3.63) is 18.2 Å². The molecule has 1 amide bonds. The number of carbonyl (C=O) groups excluding carboxylic acids is 2. The topological polar surface area (TPSA) is 108 Å². The Hall–Kier alpha value is -2.29. The Kier molecular flexibility index (Phi) is 5.89. The molecule has 1 saturated heterocycles. The lowest BCUT2D eigenvalue weighted by atomic mass is 10.1. The fourth-order valence-electron chi connectivity index (χ4n) is 2.43. The molecule has 0 aliphatic carbocycles. The van der Waals surface area contributed by atoms with Gasteiger partial charge in [0.1, 0.15) is 11.5 Å². The highest BCUT2D eigenvalue weighted by Crippen LogP contribution is 2.26. The molecule has 0 spiro atoms. The summed E-state index contributed by atoms with van der Waals surface area (Å²) >= 11 is 0. The Morgan fingerprint density at radius 3 is 2.24 bits per heavy atom. The molecule has 1 heterocycles. The number of hydrogen-bond acceptors (Lipinski definition) is 7. The number of esters is 1. The van der Waals surface area contributed by atoms with Gasteiger partial charge in [-0.1, -0.05) is 0 Å². The van der Waals surface area contributed by atoms with Crippen LogP contribution in [0.25, 0.3) is 0 Å². The molecule has 25 heavy (non-hydrogen) atoms. The molecule has 1 aliphatic rings. The molecule has 8 nitrogen and oxygen atoms in total. The number of benzene rings is 1. The number of hydrogen-bond donors (Lipinski definition) is 1. The van der Waals surface area contributed by atoms with Gasteiger partial charge in [-0.25, -0.2) is 8.42 Å². The third-order valence-electron chi connectivity index (χ3n) is 3.85. The second-order valence-corrected chi connectivity index (χ2v) is 8.00. The van der Waals surface area contributed by atoms with E-state index in [1.165, 1.54) is 21.1 Å². The van der Waals surface area contributed by atoms with Gasteiger partial charge in [0.2, 0.25) is 0 Å². The van der Waals surface area contributed by atoms with Gasteiger partial charge in [-0.15, -0.1) is 0 Å². The van der Waals surface area contributed by atoms with Crippen molar-refractivity contribution in [1.82, 2.24) is 0 Å². The van der Waals surface area contributed by atoms with Crippen molar-refractivity contribution in [2.45, 2.75) is 19.4 Å². The van der Waals surface area contributed by atoms with Crippen LogP contribution >= 0.6 is 0 Å². The number of nitrogens with one attached hydrogen (secondary N) is 1. The number of methoxy groups -OCH3 is 2. The van der Waals surface area contributed by atoms with E-state index in [0.717, 1.165) is 0 Å². The molecule has 9 heteroatoms. The lowest BCUT2D eigenvalue weighted by molar-refractivity contribution is -0.156. The van der Waals surface area contributed by atoms with Crippen molar-refractivity contribution in [2.24, 2.45) is 5.92 Å². The van der Waals surface area contributed by atoms with Gasteiger partial charge >= 0.3 is 5.97 Å². The van der Waals surface area contributed by atoms with Gasteiger partial charge in [-0.3, -0.25) is 9.59 Å². The average molecular weight is 371 g/mol. The van der Waals surface area contributed by atoms with Crippen LogP contribution in [0.4, 0.5) is 5.69 Å². The van der Waals surface area contributed by atoms with Crippen molar-refractivity contribution in [2.75, 3.05) is 31.0 Å². The van der Waals surface area contributed by atoms with Gasteiger partial charge in [0.15, 0.2) is 15.9 Å². The SMILES string of the molecule is COc1cc(NC(=O)C(C)OC(=O)C2CCS(=O)(=O)C2)cc(OC)c1. The molecule has 0 aromatic heterocycles. The van der Waals surface area contributed by atoms with E-state index in [-0.39, 0.29) is 17.9 Å². The van der Waals surface area contributed by atoms with E-state index in [0.29, 0.717) is 17.2 Å². The maximum absolute atomic E-state index is 12.2. The zero-order valence-electron chi connectivity index (χ0n) is 14.3. The summed E-state index contributed by atoms with van der Waals surface area (Å²) in [7, 11) is -0.217. The van der Waals surface area contributed by atoms with Crippen molar-refractivity contribution in [3.8, 4) is 11.5 Å². The van der Waals surface area contributed by atoms with Crippen molar-refractivity contribution in [1.29, 1.82) is 0 Å². The maximum Gasteiger partial charge on any atom is 0.310 e. The Bertz CT molecular complexity index is 737. The number of sulfone groups is 1. The van der Waals surface area contributed by atoms with Crippen molar-refractivity contribution in [3.63, 3.8) is 0 Å². The molecule has 1 aliphatic heterocycles. The molecule has 2 rings (SSSR count). The van der Waals surface area contributed by atoms with E-state index >= 15 is 0 Å². The number of carbonyl (C=O) groups is 2. The first-order valence-corrected chi connectivity index (χ1v) is 9.51. The predicted molar refractivity (Wildman–Crippen MR) is 90.5 cm³/mol. The lowest BCUT2D eigenvalue weighted by Gasteiger charge is -2.16. The van der Waals surface area contributed by atoms with E-state index in [1.807, 2.05) is 0 Å². The molecule has 0 saturated carbocycles. The minimum atomic E-state index is -3.19. The minimum Gasteiger partial charge on any atom is -0.497 e. The molecular weight excluding hydrogens is 350 g/mol. The molecule has 1 fully saturated rings. The third-order valence-corrected chi connectivity index (χ3v) is 5.61. The number of anilines is 1. The van der Waals surface area contributed by atoms with Crippen molar-refractivity contribution >= 4 is 27.4 Å². The number of ether oxygens (including phenoxy) is 3. The molecule has 2 atom stereocenters. The lowest BCUT2D eigenvalue weighted by Crippen LogP contribution is -2.32. The standard InChI is InChI=1S/C16H21NO7S/c1-10(24-16(19)11-4-5-25(20,21)9-11)15(18)17-12-6-13(22-2)8-14(7-12)23-3/h6-8,10-11H,4-5,9H2,1-3H3,(H,17,18). The van der Waals surface area contributed by atoms with Gasteiger partial charge in [-0.2, -0.15) is 0 Å². The molecule has 1 aromatic carbocycles. The quantitative estimate of drug-likeness (QED) is 0.744. The number of amides is 1. The average Bonchev–Trinajstić information content (AvgIpc) is 2.94. The molecule has 2 unspecified atom stereocenters. The fourth-order valence-corrected chi connectivity index (χ4v) is 4.15. The minimum absolute atomic E-state index is 0.0308. The Morgan fingerprint density at radius 1 is 1.16 bits per heavy atom. The van der Waals surface area contributed by atoms with E-state index in [2.05, 4.69) is 5.32 Å². The van der Waals surface area contributed by atoms with E-state index < -0.39 is 33.7 Å².